The van der Waals surface area contributed by atoms with Gasteiger partial charge in [0.1, 0.15) is 5.75 Å². The molecule has 5 rings (SSSR count). The quantitative estimate of drug-likeness (QED) is 0.557. The first-order chi connectivity index (χ1) is 14.6. The van der Waals surface area contributed by atoms with E-state index in [0.717, 1.165) is 26.1 Å². The second kappa shape index (κ2) is 8.16. The molecular weight excluding hydrogens is 394 g/mol. The second-order valence-corrected chi connectivity index (χ2v) is 9.79. The van der Waals surface area contributed by atoms with Gasteiger partial charge in [-0.2, -0.15) is 0 Å². The van der Waals surface area contributed by atoms with Gasteiger partial charge < -0.3 is 20.6 Å². The minimum absolute atomic E-state index is 0.0589. The number of nitrogen functional groups attached to an aromatic ring is 1. The lowest BCUT2D eigenvalue weighted by Crippen LogP contribution is -2.46. The standard InChI is InChI=1S/C24H29N3O2S/c25-20-14-16(28)7-8-18(20)22(29)5-2-10-26-12-9-21-19(15-26)17-4-1-6-23-24(17)27(21)11-3-13-30-23/h1,4,6-8,14,19,21,28H,2-3,5,9-13,15,25H2/t19?,21-/m0/s1. The maximum Gasteiger partial charge on any atom is 0.164 e. The Morgan fingerprint density at radius 2 is 2.13 bits per heavy atom. The lowest BCUT2D eigenvalue weighted by atomic mass is 9.89. The molecule has 0 radical (unpaired) electrons. The summed E-state index contributed by atoms with van der Waals surface area (Å²) in [5.74, 6) is 1.95. The Labute approximate surface area is 182 Å². The second-order valence-electron chi connectivity index (χ2n) is 8.65. The molecule has 0 amide bonds. The van der Waals surface area contributed by atoms with Crippen LogP contribution in [0.25, 0.3) is 0 Å². The summed E-state index contributed by atoms with van der Waals surface area (Å²) in [6.45, 7) is 4.30. The van der Waals surface area contributed by atoms with Gasteiger partial charge in [-0.15, -0.1) is 11.8 Å². The van der Waals surface area contributed by atoms with Gasteiger partial charge in [-0.25, -0.2) is 0 Å². The van der Waals surface area contributed by atoms with E-state index in [1.54, 1.807) is 6.07 Å². The smallest absolute Gasteiger partial charge is 0.164 e. The highest BCUT2D eigenvalue weighted by molar-refractivity contribution is 7.99. The number of phenolic OH excluding ortho intramolecular Hbond substituents is 1. The highest BCUT2D eigenvalue weighted by Gasteiger charge is 2.43. The van der Waals surface area contributed by atoms with Gasteiger partial charge in [0.15, 0.2) is 5.78 Å². The number of phenols is 1. The fourth-order valence-corrected chi connectivity index (χ4v) is 6.45. The molecule has 3 aliphatic rings. The number of carbonyl (C=O) groups is 1. The number of anilines is 2. The van der Waals surface area contributed by atoms with Gasteiger partial charge >= 0.3 is 0 Å². The number of para-hydroxylation sites is 1. The van der Waals surface area contributed by atoms with E-state index in [4.69, 9.17) is 5.73 Å². The Bertz CT molecular complexity index is 963. The first-order valence-electron chi connectivity index (χ1n) is 11.0. The van der Waals surface area contributed by atoms with Crippen molar-refractivity contribution >= 4 is 28.9 Å². The van der Waals surface area contributed by atoms with Gasteiger partial charge in [0, 0.05) is 60.2 Å². The molecular formula is C24H29N3O2S. The van der Waals surface area contributed by atoms with Crippen molar-refractivity contribution in [2.75, 3.05) is 42.6 Å². The van der Waals surface area contributed by atoms with E-state index in [1.807, 2.05) is 11.8 Å². The van der Waals surface area contributed by atoms with E-state index >= 15 is 0 Å². The summed E-state index contributed by atoms with van der Waals surface area (Å²) >= 11 is 2.01. The Morgan fingerprint density at radius 3 is 3.00 bits per heavy atom. The molecule has 0 bridgehead atoms. The number of nitrogens with zero attached hydrogens (tertiary/aromatic N) is 2. The summed E-state index contributed by atoms with van der Waals surface area (Å²) in [5.41, 5.74) is 9.82. The van der Waals surface area contributed by atoms with Crippen LogP contribution in [0, 0.1) is 0 Å². The van der Waals surface area contributed by atoms with Crippen LogP contribution >= 0.6 is 11.8 Å². The minimum Gasteiger partial charge on any atom is -0.508 e. The number of fused-ring (bicyclic) bond motifs is 3. The van der Waals surface area contributed by atoms with E-state index in [0.29, 0.717) is 29.6 Å². The van der Waals surface area contributed by atoms with Crippen LogP contribution in [-0.2, 0) is 0 Å². The average molecular weight is 424 g/mol. The van der Waals surface area contributed by atoms with Gasteiger partial charge in [0.2, 0.25) is 0 Å². The largest absolute Gasteiger partial charge is 0.508 e. The molecule has 6 heteroatoms. The molecule has 3 N–H and O–H groups in total. The van der Waals surface area contributed by atoms with Crippen LogP contribution in [0.3, 0.4) is 0 Å². The summed E-state index contributed by atoms with van der Waals surface area (Å²) < 4.78 is 0. The van der Waals surface area contributed by atoms with E-state index in [-0.39, 0.29) is 11.5 Å². The van der Waals surface area contributed by atoms with Crippen molar-refractivity contribution in [2.24, 2.45) is 0 Å². The summed E-state index contributed by atoms with van der Waals surface area (Å²) in [6.07, 6.45) is 3.78. The summed E-state index contributed by atoms with van der Waals surface area (Å²) in [7, 11) is 0. The molecule has 0 aliphatic carbocycles. The lowest BCUT2D eigenvalue weighted by Gasteiger charge is -2.39. The Hall–Kier alpha value is -2.18. The Balaban J connectivity index is 1.22. The number of rotatable bonds is 5. The number of aromatic hydroxyl groups is 1. The zero-order chi connectivity index (χ0) is 20.7. The number of benzene rings is 2. The van der Waals surface area contributed by atoms with Crippen LogP contribution in [0.5, 0.6) is 5.75 Å². The predicted octanol–water partition coefficient (Wildman–Crippen LogP) is 4.11. The van der Waals surface area contributed by atoms with Crippen molar-refractivity contribution in [3.8, 4) is 5.75 Å². The van der Waals surface area contributed by atoms with E-state index in [1.165, 1.54) is 53.4 Å². The Kier molecular flexibility index (Phi) is 5.37. The average Bonchev–Trinajstić information content (AvgIpc) is 2.89. The van der Waals surface area contributed by atoms with Crippen molar-refractivity contribution in [2.45, 2.75) is 42.5 Å². The molecule has 1 saturated heterocycles. The monoisotopic (exact) mass is 423 g/mol. The van der Waals surface area contributed by atoms with Crippen molar-refractivity contribution in [3.05, 3.63) is 47.5 Å². The van der Waals surface area contributed by atoms with Crippen LogP contribution in [0.1, 0.15) is 47.5 Å². The molecule has 1 fully saturated rings. The van der Waals surface area contributed by atoms with Crippen LogP contribution in [0.2, 0.25) is 0 Å². The number of Topliss-reactive ketones (excluding diaryl/α,β-unsaturated/α-hetero) is 1. The summed E-state index contributed by atoms with van der Waals surface area (Å²) in [6, 6.07) is 12.1. The molecule has 2 aromatic rings. The fraction of sp³-hybridized carbons (Fsp3) is 0.458. The number of hydrogen-bond acceptors (Lipinski definition) is 6. The van der Waals surface area contributed by atoms with E-state index in [9.17, 15) is 9.90 Å². The van der Waals surface area contributed by atoms with Crippen molar-refractivity contribution in [3.63, 3.8) is 0 Å². The molecule has 2 atom stereocenters. The molecule has 158 valence electrons. The van der Waals surface area contributed by atoms with Crippen LogP contribution in [0.15, 0.2) is 41.3 Å². The lowest BCUT2D eigenvalue weighted by molar-refractivity contribution is 0.0972. The van der Waals surface area contributed by atoms with Crippen LogP contribution in [-0.4, -0.2) is 53.8 Å². The number of piperidine rings is 1. The van der Waals surface area contributed by atoms with Gasteiger partial charge in [-0.1, -0.05) is 12.1 Å². The molecule has 0 aromatic heterocycles. The molecule has 1 unspecified atom stereocenters. The first-order valence-corrected chi connectivity index (χ1v) is 12.0. The first kappa shape index (κ1) is 19.8. The third-order valence-corrected chi connectivity index (χ3v) is 7.93. The highest BCUT2D eigenvalue weighted by atomic mass is 32.2. The van der Waals surface area contributed by atoms with Crippen molar-refractivity contribution in [1.82, 2.24) is 4.90 Å². The third kappa shape index (κ3) is 3.56. The molecule has 0 saturated carbocycles. The summed E-state index contributed by atoms with van der Waals surface area (Å²) in [5, 5.41) is 9.48. The molecule has 3 heterocycles. The third-order valence-electron chi connectivity index (χ3n) is 6.79. The number of carbonyl (C=O) groups excluding carboxylic acids is 1. The van der Waals surface area contributed by atoms with Crippen molar-refractivity contribution < 1.29 is 9.90 Å². The normalized spacial score (nSPS) is 23.0. The molecule has 2 aromatic carbocycles. The van der Waals surface area contributed by atoms with E-state index < -0.39 is 0 Å². The zero-order valence-electron chi connectivity index (χ0n) is 17.2. The molecule has 30 heavy (non-hydrogen) atoms. The number of thioether (sulfide) groups is 1. The number of hydrogen-bond donors (Lipinski definition) is 2. The fourth-order valence-electron chi connectivity index (χ4n) is 5.41. The van der Waals surface area contributed by atoms with E-state index in [2.05, 4.69) is 28.0 Å². The maximum atomic E-state index is 12.5. The highest BCUT2D eigenvalue weighted by Crippen LogP contribution is 2.50. The number of ketones is 1. The van der Waals surface area contributed by atoms with Gasteiger partial charge in [-0.05, 0) is 55.3 Å². The molecule has 5 nitrogen and oxygen atoms in total. The van der Waals surface area contributed by atoms with Crippen molar-refractivity contribution in [1.29, 1.82) is 0 Å². The number of likely N-dealkylation sites (tertiary alicyclic amines) is 1. The zero-order valence-corrected chi connectivity index (χ0v) is 18.0. The number of nitrogens with two attached hydrogens (primary N) is 1. The molecule has 3 aliphatic heterocycles. The maximum absolute atomic E-state index is 12.5. The summed E-state index contributed by atoms with van der Waals surface area (Å²) in [4.78, 5) is 19.2. The van der Waals surface area contributed by atoms with Gasteiger partial charge in [0.05, 0.1) is 5.69 Å². The van der Waals surface area contributed by atoms with Gasteiger partial charge in [0.25, 0.3) is 0 Å². The van der Waals surface area contributed by atoms with Crippen LogP contribution < -0.4 is 10.6 Å². The topological polar surface area (TPSA) is 69.8 Å². The predicted molar refractivity (Wildman–Crippen MR) is 123 cm³/mol. The molecule has 0 spiro atoms. The SMILES string of the molecule is Nc1cc(O)ccc1C(=O)CCCN1CC[C@H]2C(C1)c1cccc3c1N2CCCS3. The minimum atomic E-state index is 0.0589. The van der Waals surface area contributed by atoms with Crippen LogP contribution in [0.4, 0.5) is 11.4 Å². The Morgan fingerprint density at radius 1 is 1.23 bits per heavy atom. The van der Waals surface area contributed by atoms with Gasteiger partial charge in [-0.3, -0.25) is 4.79 Å².